The van der Waals surface area contributed by atoms with Crippen LogP contribution < -0.4 is 15.5 Å². The van der Waals surface area contributed by atoms with Gasteiger partial charge in [0.05, 0.1) is 20.3 Å². The molecule has 160 valence electrons. The van der Waals surface area contributed by atoms with Crippen LogP contribution in [-0.2, 0) is 17.8 Å². The number of hydrogen-bond acceptors (Lipinski definition) is 7. The summed E-state index contributed by atoms with van der Waals surface area (Å²) >= 11 is 0. The molecule has 3 N–H and O–H groups in total. The maximum atomic E-state index is 12.6. The minimum Gasteiger partial charge on any atom is -0.503 e. The SMILES string of the molecule is COCCN1C(=O)c2c(O)c(=O)c(C(=O)NCc3ccc(OC)cc3)cn2CC1O. The van der Waals surface area contributed by atoms with Gasteiger partial charge in [-0.3, -0.25) is 14.4 Å². The Morgan fingerprint density at radius 1 is 1.23 bits per heavy atom. The van der Waals surface area contributed by atoms with Gasteiger partial charge in [0.25, 0.3) is 11.8 Å². The van der Waals surface area contributed by atoms with E-state index < -0.39 is 29.2 Å². The van der Waals surface area contributed by atoms with E-state index in [1.807, 2.05) is 0 Å². The number of nitrogens with one attached hydrogen (secondary N) is 1. The molecule has 2 aromatic rings. The number of benzene rings is 1. The first kappa shape index (κ1) is 21.3. The maximum Gasteiger partial charge on any atom is 0.276 e. The van der Waals surface area contributed by atoms with Crippen molar-refractivity contribution >= 4 is 11.8 Å². The Kier molecular flexibility index (Phi) is 6.38. The van der Waals surface area contributed by atoms with Gasteiger partial charge in [0.1, 0.15) is 17.5 Å². The Labute approximate surface area is 172 Å². The first-order chi connectivity index (χ1) is 14.4. The van der Waals surface area contributed by atoms with Crippen molar-refractivity contribution in [2.45, 2.75) is 19.3 Å². The third-order valence-corrected chi connectivity index (χ3v) is 4.83. The second-order valence-electron chi connectivity index (χ2n) is 6.72. The first-order valence-electron chi connectivity index (χ1n) is 9.22. The summed E-state index contributed by atoms with van der Waals surface area (Å²) in [6.07, 6.45) is -0.00698. The number of aliphatic hydroxyl groups is 1. The van der Waals surface area contributed by atoms with Gasteiger partial charge < -0.3 is 34.5 Å². The topological polar surface area (TPSA) is 130 Å². The molecule has 10 heteroatoms. The van der Waals surface area contributed by atoms with E-state index in [0.29, 0.717) is 5.75 Å². The van der Waals surface area contributed by atoms with Crippen LogP contribution in [0.25, 0.3) is 0 Å². The summed E-state index contributed by atoms with van der Waals surface area (Å²) in [5.41, 5.74) is -0.765. The number of aromatic hydroxyl groups is 1. The summed E-state index contributed by atoms with van der Waals surface area (Å²) in [6.45, 7) is 0.322. The molecule has 30 heavy (non-hydrogen) atoms. The third-order valence-electron chi connectivity index (χ3n) is 4.83. The van der Waals surface area contributed by atoms with Gasteiger partial charge in [0.2, 0.25) is 5.43 Å². The monoisotopic (exact) mass is 417 g/mol. The van der Waals surface area contributed by atoms with Crippen molar-refractivity contribution in [2.75, 3.05) is 27.4 Å². The number of pyridine rings is 1. The summed E-state index contributed by atoms with van der Waals surface area (Å²) in [4.78, 5) is 38.8. The van der Waals surface area contributed by atoms with Crippen molar-refractivity contribution < 1.29 is 29.3 Å². The molecule has 0 fully saturated rings. The van der Waals surface area contributed by atoms with Crippen molar-refractivity contribution in [3.63, 3.8) is 0 Å². The standard InChI is InChI=1S/C20H23N3O7/c1-29-8-7-23-15(24)11-22-10-14(17(25)18(26)16(22)20(23)28)19(27)21-9-12-3-5-13(30-2)6-4-12/h3-6,10,15,24,26H,7-9,11H2,1-2H3,(H,21,27). The van der Waals surface area contributed by atoms with E-state index >= 15 is 0 Å². The molecule has 0 bridgehead atoms. The van der Waals surface area contributed by atoms with Crippen molar-refractivity contribution in [2.24, 2.45) is 0 Å². The second kappa shape index (κ2) is 8.97. The Morgan fingerprint density at radius 2 is 1.93 bits per heavy atom. The fraction of sp³-hybridized carbons (Fsp3) is 0.350. The molecule has 10 nitrogen and oxygen atoms in total. The fourth-order valence-electron chi connectivity index (χ4n) is 3.19. The minimum absolute atomic E-state index is 0.0915. The number of aliphatic hydroxyl groups excluding tert-OH is 1. The number of aromatic nitrogens is 1. The van der Waals surface area contributed by atoms with Gasteiger partial charge in [-0.2, -0.15) is 0 Å². The number of methoxy groups -OCH3 is 2. The predicted molar refractivity (Wildman–Crippen MR) is 105 cm³/mol. The third kappa shape index (κ3) is 4.14. The lowest BCUT2D eigenvalue weighted by atomic mass is 10.1. The lowest BCUT2D eigenvalue weighted by Gasteiger charge is -2.34. The zero-order valence-corrected chi connectivity index (χ0v) is 16.6. The molecular formula is C20H23N3O7. The quantitative estimate of drug-likeness (QED) is 0.574. The van der Waals surface area contributed by atoms with Gasteiger partial charge in [-0.25, -0.2) is 0 Å². The molecule has 0 aliphatic carbocycles. The molecule has 0 spiro atoms. The van der Waals surface area contributed by atoms with Crippen LogP contribution in [0.5, 0.6) is 11.5 Å². The highest BCUT2D eigenvalue weighted by atomic mass is 16.5. The van der Waals surface area contributed by atoms with Crippen molar-refractivity contribution in [3.8, 4) is 11.5 Å². The number of fused-ring (bicyclic) bond motifs is 1. The number of carbonyl (C=O) groups excluding carboxylic acids is 2. The average molecular weight is 417 g/mol. The molecule has 0 saturated carbocycles. The van der Waals surface area contributed by atoms with Crippen LogP contribution in [0.15, 0.2) is 35.3 Å². The van der Waals surface area contributed by atoms with E-state index in [0.717, 1.165) is 10.5 Å². The summed E-state index contributed by atoms with van der Waals surface area (Å²) in [5, 5.41) is 23.2. The van der Waals surface area contributed by atoms with Crippen LogP contribution >= 0.6 is 0 Å². The van der Waals surface area contributed by atoms with Crippen LogP contribution in [0.3, 0.4) is 0 Å². The van der Waals surface area contributed by atoms with Gasteiger partial charge in [-0.1, -0.05) is 12.1 Å². The van der Waals surface area contributed by atoms with Crippen LogP contribution in [0.1, 0.15) is 26.4 Å². The number of ether oxygens (including phenoxy) is 2. The minimum atomic E-state index is -1.18. The first-order valence-corrected chi connectivity index (χ1v) is 9.22. The van der Waals surface area contributed by atoms with Crippen LogP contribution in [0.2, 0.25) is 0 Å². The number of hydrogen-bond donors (Lipinski definition) is 3. The molecule has 1 aromatic carbocycles. The van der Waals surface area contributed by atoms with Gasteiger partial charge in [-0.15, -0.1) is 0 Å². The average Bonchev–Trinajstić information content (AvgIpc) is 2.74. The van der Waals surface area contributed by atoms with Crippen molar-refractivity contribution in [3.05, 3.63) is 57.5 Å². The van der Waals surface area contributed by atoms with E-state index in [1.54, 1.807) is 31.4 Å². The number of rotatable bonds is 7. The van der Waals surface area contributed by atoms with Gasteiger partial charge >= 0.3 is 0 Å². The fourth-order valence-corrected chi connectivity index (χ4v) is 3.19. The Bertz CT molecular complexity index is 1000. The lowest BCUT2D eigenvalue weighted by Crippen LogP contribution is -2.50. The highest BCUT2D eigenvalue weighted by Crippen LogP contribution is 2.22. The van der Waals surface area contributed by atoms with E-state index in [2.05, 4.69) is 5.32 Å². The van der Waals surface area contributed by atoms with Crippen LogP contribution in [0, 0.1) is 0 Å². The number of nitrogens with zero attached hydrogens (tertiary/aromatic N) is 2. The summed E-state index contributed by atoms with van der Waals surface area (Å²) in [5.74, 6) is -1.58. The highest BCUT2D eigenvalue weighted by molar-refractivity contribution is 5.99. The highest BCUT2D eigenvalue weighted by Gasteiger charge is 2.35. The zero-order valence-electron chi connectivity index (χ0n) is 16.6. The van der Waals surface area contributed by atoms with E-state index in [9.17, 15) is 24.6 Å². The normalized spacial score (nSPS) is 15.6. The summed E-state index contributed by atoms with van der Waals surface area (Å²) in [6, 6.07) is 7.01. The number of amides is 2. The lowest BCUT2D eigenvalue weighted by molar-refractivity contribution is -0.0206. The molecular weight excluding hydrogens is 394 g/mol. The smallest absolute Gasteiger partial charge is 0.276 e. The predicted octanol–water partition coefficient (Wildman–Crippen LogP) is -0.0869. The number of carbonyl (C=O) groups is 2. The van der Waals surface area contributed by atoms with E-state index in [-0.39, 0.29) is 37.5 Å². The Balaban J connectivity index is 1.82. The summed E-state index contributed by atoms with van der Waals surface area (Å²) < 4.78 is 11.2. The molecule has 0 saturated heterocycles. The molecule has 2 heterocycles. The maximum absolute atomic E-state index is 12.6. The summed E-state index contributed by atoms with van der Waals surface area (Å²) in [7, 11) is 3.00. The molecule has 1 aliphatic heterocycles. The molecule has 2 amide bonds. The van der Waals surface area contributed by atoms with Gasteiger partial charge in [0, 0.05) is 26.4 Å². The van der Waals surface area contributed by atoms with Gasteiger partial charge in [0.15, 0.2) is 11.4 Å². The Hall–Kier alpha value is -3.37. The largest absolute Gasteiger partial charge is 0.503 e. The molecule has 1 unspecified atom stereocenters. The molecule has 1 atom stereocenters. The molecule has 0 radical (unpaired) electrons. The Morgan fingerprint density at radius 3 is 2.57 bits per heavy atom. The van der Waals surface area contributed by atoms with E-state index in [1.165, 1.54) is 17.9 Å². The van der Waals surface area contributed by atoms with Gasteiger partial charge in [-0.05, 0) is 17.7 Å². The van der Waals surface area contributed by atoms with Crippen LogP contribution in [-0.4, -0.2) is 65.1 Å². The van der Waals surface area contributed by atoms with Crippen molar-refractivity contribution in [1.29, 1.82) is 0 Å². The molecule has 1 aromatic heterocycles. The molecule has 3 rings (SSSR count). The van der Waals surface area contributed by atoms with Crippen molar-refractivity contribution in [1.82, 2.24) is 14.8 Å². The zero-order chi connectivity index (χ0) is 21.8. The second-order valence-corrected chi connectivity index (χ2v) is 6.72. The van der Waals surface area contributed by atoms with E-state index in [4.69, 9.17) is 9.47 Å². The molecule has 1 aliphatic rings. The van der Waals surface area contributed by atoms with Crippen LogP contribution in [0.4, 0.5) is 0 Å².